The van der Waals surface area contributed by atoms with E-state index in [2.05, 4.69) is 33.2 Å². The fourth-order valence-corrected chi connectivity index (χ4v) is 3.02. The molecule has 18 heavy (non-hydrogen) atoms. The van der Waals surface area contributed by atoms with Crippen LogP contribution in [0.2, 0.25) is 0 Å². The Kier molecular flexibility index (Phi) is 4.38. The molecule has 1 aliphatic carbocycles. The van der Waals surface area contributed by atoms with E-state index < -0.39 is 0 Å². The van der Waals surface area contributed by atoms with Crippen LogP contribution in [0.15, 0.2) is 22.8 Å². The van der Waals surface area contributed by atoms with Crippen molar-refractivity contribution in [3.63, 3.8) is 0 Å². The van der Waals surface area contributed by atoms with Crippen LogP contribution in [0.4, 0.5) is 0 Å². The lowest BCUT2D eigenvalue weighted by molar-refractivity contribution is 0.0923. The Balaban J connectivity index is 1.96. The summed E-state index contributed by atoms with van der Waals surface area (Å²) in [7, 11) is 0. The van der Waals surface area contributed by atoms with Gasteiger partial charge in [-0.1, -0.05) is 25.8 Å². The molecule has 0 bridgehead atoms. The van der Waals surface area contributed by atoms with E-state index in [0.29, 0.717) is 15.7 Å². The van der Waals surface area contributed by atoms with E-state index in [4.69, 9.17) is 0 Å². The molecule has 1 saturated carbocycles. The van der Waals surface area contributed by atoms with Crippen molar-refractivity contribution in [3.05, 3.63) is 28.5 Å². The number of amides is 1. The molecule has 0 atom stereocenters. The van der Waals surface area contributed by atoms with Crippen LogP contribution in [0.3, 0.4) is 0 Å². The average Bonchev–Trinajstić information content (AvgIpc) is 2.85. The molecule has 1 amide bonds. The first-order valence-electron chi connectivity index (χ1n) is 6.56. The summed E-state index contributed by atoms with van der Waals surface area (Å²) in [5, 5.41) is 3.04. The summed E-state index contributed by atoms with van der Waals surface area (Å²) >= 11 is 3.28. The maximum atomic E-state index is 12.0. The molecule has 0 radical (unpaired) electrons. The summed E-state index contributed by atoms with van der Waals surface area (Å²) in [6.45, 7) is 2.99. The van der Waals surface area contributed by atoms with Crippen molar-refractivity contribution >= 4 is 21.8 Å². The first-order chi connectivity index (χ1) is 8.65. The van der Waals surface area contributed by atoms with E-state index in [1.807, 2.05) is 12.1 Å². The molecule has 3 nitrogen and oxygen atoms in total. The Morgan fingerprint density at radius 1 is 1.44 bits per heavy atom. The number of hydrogen-bond acceptors (Lipinski definition) is 2. The largest absolute Gasteiger partial charge is 0.350 e. The van der Waals surface area contributed by atoms with Crippen molar-refractivity contribution < 1.29 is 4.79 Å². The van der Waals surface area contributed by atoms with Gasteiger partial charge in [0, 0.05) is 6.54 Å². The molecular formula is C14H19BrN2O. The monoisotopic (exact) mass is 310 g/mol. The molecule has 0 aliphatic heterocycles. The number of hydrogen-bond donors (Lipinski definition) is 1. The number of carbonyl (C=O) groups is 1. The predicted molar refractivity (Wildman–Crippen MR) is 75.5 cm³/mol. The van der Waals surface area contributed by atoms with E-state index in [-0.39, 0.29) is 5.91 Å². The van der Waals surface area contributed by atoms with E-state index in [1.54, 1.807) is 6.07 Å². The van der Waals surface area contributed by atoms with Gasteiger partial charge in [-0.2, -0.15) is 0 Å². The zero-order chi connectivity index (χ0) is 13.0. The van der Waals surface area contributed by atoms with Crippen molar-refractivity contribution in [1.82, 2.24) is 10.3 Å². The number of aromatic nitrogens is 1. The maximum absolute atomic E-state index is 12.0. The quantitative estimate of drug-likeness (QED) is 0.864. The number of halogens is 1. The predicted octanol–water partition coefficient (Wildman–Crippen LogP) is 3.54. The minimum atomic E-state index is -0.0731. The van der Waals surface area contributed by atoms with Crippen LogP contribution < -0.4 is 5.32 Å². The fourth-order valence-electron chi connectivity index (χ4n) is 2.67. The van der Waals surface area contributed by atoms with Crippen LogP contribution in [0.5, 0.6) is 0 Å². The lowest BCUT2D eigenvalue weighted by Gasteiger charge is -2.27. The molecule has 1 aromatic heterocycles. The van der Waals surface area contributed by atoms with E-state index in [9.17, 15) is 4.79 Å². The summed E-state index contributed by atoms with van der Waals surface area (Å²) in [6.07, 6.45) is 6.18. The van der Waals surface area contributed by atoms with Gasteiger partial charge in [0.15, 0.2) is 0 Å². The Morgan fingerprint density at radius 3 is 2.78 bits per heavy atom. The molecule has 1 N–H and O–H groups in total. The third-order valence-corrected chi connectivity index (χ3v) is 4.43. The fraction of sp³-hybridized carbons (Fsp3) is 0.571. The van der Waals surface area contributed by atoms with Crippen molar-refractivity contribution in [2.75, 3.05) is 6.54 Å². The molecule has 1 heterocycles. The molecule has 1 aromatic rings. The van der Waals surface area contributed by atoms with Crippen LogP contribution in [-0.2, 0) is 0 Å². The Bertz CT molecular complexity index is 428. The minimum absolute atomic E-state index is 0.0731. The van der Waals surface area contributed by atoms with Crippen LogP contribution in [0, 0.1) is 5.41 Å². The number of pyridine rings is 1. The molecule has 4 heteroatoms. The second kappa shape index (κ2) is 5.83. The molecule has 98 valence electrons. The lowest BCUT2D eigenvalue weighted by atomic mass is 9.83. The van der Waals surface area contributed by atoms with Crippen molar-refractivity contribution in [3.8, 4) is 0 Å². The topological polar surface area (TPSA) is 42.0 Å². The van der Waals surface area contributed by atoms with E-state index >= 15 is 0 Å². The second-order valence-corrected chi connectivity index (χ2v) is 5.90. The summed E-state index contributed by atoms with van der Waals surface area (Å²) in [6, 6.07) is 5.39. The van der Waals surface area contributed by atoms with Gasteiger partial charge < -0.3 is 5.32 Å². The molecule has 1 aliphatic rings. The zero-order valence-corrected chi connectivity index (χ0v) is 12.3. The van der Waals surface area contributed by atoms with Gasteiger partial charge in [-0.3, -0.25) is 4.79 Å². The number of nitrogens with zero attached hydrogens (tertiary/aromatic N) is 1. The average molecular weight is 311 g/mol. The SMILES string of the molecule is CCC1(CNC(=O)c2cccc(Br)n2)CCCC1. The third-order valence-electron chi connectivity index (χ3n) is 3.99. The number of carbonyl (C=O) groups excluding carboxylic acids is 1. The lowest BCUT2D eigenvalue weighted by Crippen LogP contribution is -2.36. The molecular weight excluding hydrogens is 292 g/mol. The normalized spacial score (nSPS) is 17.7. The van der Waals surface area contributed by atoms with Crippen molar-refractivity contribution in [2.45, 2.75) is 39.0 Å². The smallest absolute Gasteiger partial charge is 0.269 e. The van der Waals surface area contributed by atoms with Gasteiger partial charge in [-0.15, -0.1) is 0 Å². The number of rotatable bonds is 4. The summed E-state index contributed by atoms with van der Waals surface area (Å²) in [5.41, 5.74) is 0.801. The van der Waals surface area contributed by atoms with Gasteiger partial charge in [0.1, 0.15) is 10.3 Å². The molecule has 0 aromatic carbocycles. The van der Waals surface area contributed by atoms with Gasteiger partial charge in [-0.25, -0.2) is 4.98 Å². The van der Waals surface area contributed by atoms with Crippen LogP contribution in [-0.4, -0.2) is 17.4 Å². The van der Waals surface area contributed by atoms with Crippen molar-refractivity contribution in [2.24, 2.45) is 5.41 Å². The minimum Gasteiger partial charge on any atom is -0.350 e. The summed E-state index contributed by atoms with van der Waals surface area (Å²) < 4.78 is 0.696. The summed E-state index contributed by atoms with van der Waals surface area (Å²) in [4.78, 5) is 16.2. The van der Waals surface area contributed by atoms with Gasteiger partial charge in [0.05, 0.1) is 0 Å². The highest BCUT2D eigenvalue weighted by Crippen LogP contribution is 2.40. The molecule has 0 spiro atoms. The maximum Gasteiger partial charge on any atom is 0.269 e. The van der Waals surface area contributed by atoms with Gasteiger partial charge in [0.2, 0.25) is 0 Å². The standard InChI is InChI=1S/C14H19BrN2O/c1-2-14(8-3-4-9-14)10-16-13(18)11-6-5-7-12(15)17-11/h5-7H,2-4,8-10H2,1H3,(H,16,18). The summed E-state index contributed by atoms with van der Waals surface area (Å²) in [5.74, 6) is -0.0731. The first-order valence-corrected chi connectivity index (χ1v) is 7.35. The van der Waals surface area contributed by atoms with Gasteiger partial charge >= 0.3 is 0 Å². The highest BCUT2D eigenvalue weighted by molar-refractivity contribution is 9.10. The Hall–Kier alpha value is -0.900. The van der Waals surface area contributed by atoms with Crippen LogP contribution in [0.25, 0.3) is 0 Å². The number of nitrogens with one attached hydrogen (secondary N) is 1. The first kappa shape index (κ1) is 13.5. The van der Waals surface area contributed by atoms with Crippen molar-refractivity contribution in [1.29, 1.82) is 0 Å². The molecule has 2 rings (SSSR count). The highest BCUT2D eigenvalue weighted by atomic mass is 79.9. The second-order valence-electron chi connectivity index (χ2n) is 5.09. The van der Waals surface area contributed by atoms with E-state index in [0.717, 1.165) is 13.0 Å². The van der Waals surface area contributed by atoms with Crippen LogP contribution >= 0.6 is 15.9 Å². The Labute approximate surface area is 117 Å². The van der Waals surface area contributed by atoms with Crippen LogP contribution in [0.1, 0.15) is 49.5 Å². The van der Waals surface area contributed by atoms with E-state index in [1.165, 1.54) is 25.7 Å². The van der Waals surface area contributed by atoms with Gasteiger partial charge in [0.25, 0.3) is 5.91 Å². The molecule has 1 fully saturated rings. The third kappa shape index (κ3) is 3.10. The zero-order valence-electron chi connectivity index (χ0n) is 10.7. The Morgan fingerprint density at radius 2 is 2.17 bits per heavy atom. The molecule has 0 saturated heterocycles. The van der Waals surface area contributed by atoms with Gasteiger partial charge in [-0.05, 0) is 52.7 Å². The molecule has 0 unspecified atom stereocenters. The highest BCUT2D eigenvalue weighted by Gasteiger charge is 2.32.